The molecule has 0 N–H and O–H groups in total. The van der Waals surface area contributed by atoms with Crippen LogP contribution in [0.15, 0.2) is 73.1 Å². The minimum Gasteiger partial charge on any atom is -0.256 e. The predicted octanol–water partition coefficient (Wildman–Crippen LogP) is 6.26. The molecule has 0 saturated heterocycles. The Morgan fingerprint density at radius 2 is 1.55 bits per heavy atom. The van der Waals surface area contributed by atoms with Crippen molar-refractivity contribution >= 4 is 20.7 Å². The Hall–Kier alpha value is -3.26. The number of sulfone groups is 1. The first-order valence-corrected chi connectivity index (χ1v) is 12.0. The lowest BCUT2D eigenvalue weighted by atomic mass is 9.92. The molecule has 170 valence electrons. The Kier molecular flexibility index (Phi) is 5.52. The molecule has 2 aromatic carbocycles. The highest BCUT2D eigenvalue weighted by Gasteiger charge is 2.33. The Labute approximate surface area is 190 Å². The van der Waals surface area contributed by atoms with Gasteiger partial charge in [-0.15, -0.1) is 0 Å². The Bertz CT molecular complexity index is 1440. The zero-order valence-electron chi connectivity index (χ0n) is 18.2. The van der Waals surface area contributed by atoms with Crippen LogP contribution in [-0.4, -0.2) is 24.6 Å². The molecule has 8 heteroatoms. The zero-order chi connectivity index (χ0) is 24.0. The fourth-order valence-electron chi connectivity index (χ4n) is 3.55. The number of hydrogen-bond donors (Lipinski definition) is 0. The summed E-state index contributed by atoms with van der Waals surface area (Å²) >= 11 is 0. The third kappa shape index (κ3) is 4.35. The molecule has 0 saturated carbocycles. The van der Waals surface area contributed by atoms with Gasteiger partial charge in [-0.2, -0.15) is 13.2 Å². The summed E-state index contributed by atoms with van der Waals surface area (Å²) in [4.78, 5) is 8.48. The Balaban J connectivity index is 1.88. The van der Waals surface area contributed by atoms with Crippen LogP contribution < -0.4 is 0 Å². The van der Waals surface area contributed by atoms with Crippen molar-refractivity contribution in [1.82, 2.24) is 9.97 Å². The van der Waals surface area contributed by atoms with Crippen molar-refractivity contribution in [3.05, 3.63) is 84.2 Å². The van der Waals surface area contributed by atoms with E-state index in [1.54, 1.807) is 38.2 Å². The van der Waals surface area contributed by atoms with E-state index in [-0.39, 0.29) is 0 Å². The van der Waals surface area contributed by atoms with Gasteiger partial charge in [-0.3, -0.25) is 9.97 Å². The van der Waals surface area contributed by atoms with Crippen molar-refractivity contribution in [2.75, 3.05) is 6.26 Å². The monoisotopic (exact) mass is 470 g/mol. The van der Waals surface area contributed by atoms with Gasteiger partial charge in [-0.25, -0.2) is 8.42 Å². The van der Waals surface area contributed by atoms with Crippen LogP contribution in [0.3, 0.4) is 0 Å². The van der Waals surface area contributed by atoms with Crippen LogP contribution in [0.25, 0.3) is 33.3 Å². The summed E-state index contributed by atoms with van der Waals surface area (Å²) in [5.41, 5.74) is 3.03. The standard InChI is InChI=1S/C25H21F3N2O2S/c1-24(2,33(3,31)32)20-13-18-8-5-11-29-23(18)21(14-20)16-6-4-7-17(12-16)22-10-9-19(15-30-22)25(26,27)28/h4-15H,1-3H3. The van der Waals surface area contributed by atoms with Gasteiger partial charge < -0.3 is 0 Å². The van der Waals surface area contributed by atoms with Crippen molar-refractivity contribution in [2.45, 2.75) is 24.8 Å². The second-order valence-corrected chi connectivity index (χ2v) is 11.0. The van der Waals surface area contributed by atoms with Gasteiger partial charge in [0, 0.05) is 35.2 Å². The number of pyridine rings is 2. The number of aromatic nitrogens is 2. The van der Waals surface area contributed by atoms with Crippen LogP contribution in [-0.2, 0) is 20.8 Å². The van der Waals surface area contributed by atoms with E-state index in [9.17, 15) is 21.6 Å². The molecule has 0 atom stereocenters. The van der Waals surface area contributed by atoms with Gasteiger partial charge in [-0.05, 0) is 61.4 Å². The van der Waals surface area contributed by atoms with Gasteiger partial charge in [0.1, 0.15) is 0 Å². The van der Waals surface area contributed by atoms with Crippen LogP contribution in [0, 0.1) is 0 Å². The van der Waals surface area contributed by atoms with E-state index < -0.39 is 26.3 Å². The van der Waals surface area contributed by atoms with E-state index in [1.165, 1.54) is 12.3 Å². The highest BCUT2D eigenvalue weighted by molar-refractivity contribution is 7.91. The summed E-state index contributed by atoms with van der Waals surface area (Å²) in [6.07, 6.45) is -0.773. The van der Waals surface area contributed by atoms with Crippen LogP contribution in [0.1, 0.15) is 25.0 Å². The van der Waals surface area contributed by atoms with E-state index in [0.717, 1.165) is 28.8 Å². The summed E-state index contributed by atoms with van der Waals surface area (Å²) in [5.74, 6) is 0. The molecule has 2 heterocycles. The first-order valence-electron chi connectivity index (χ1n) is 10.1. The molecule has 0 unspecified atom stereocenters. The molecule has 4 aromatic rings. The normalized spacial score (nSPS) is 12.8. The average molecular weight is 471 g/mol. The fraction of sp³-hybridized carbons (Fsp3) is 0.200. The SMILES string of the molecule is CC(C)(c1cc(-c2cccc(-c3ccc(C(F)(F)F)cn3)c2)c2ncccc2c1)S(C)(=O)=O. The quantitative estimate of drug-likeness (QED) is 0.353. The fourth-order valence-corrected chi connectivity index (χ4v) is 4.10. The number of benzene rings is 2. The molecule has 0 bridgehead atoms. The Morgan fingerprint density at radius 1 is 0.818 bits per heavy atom. The smallest absolute Gasteiger partial charge is 0.256 e. The van der Waals surface area contributed by atoms with Gasteiger partial charge in [0.05, 0.1) is 21.5 Å². The minimum absolute atomic E-state index is 0.398. The molecule has 0 aliphatic heterocycles. The topological polar surface area (TPSA) is 59.9 Å². The molecule has 33 heavy (non-hydrogen) atoms. The van der Waals surface area contributed by atoms with Crippen molar-refractivity contribution in [3.63, 3.8) is 0 Å². The molecule has 0 amide bonds. The summed E-state index contributed by atoms with van der Waals surface area (Å²) in [7, 11) is -3.41. The van der Waals surface area contributed by atoms with E-state index in [2.05, 4.69) is 9.97 Å². The van der Waals surface area contributed by atoms with E-state index >= 15 is 0 Å². The summed E-state index contributed by atoms with van der Waals surface area (Å²) in [5, 5.41) is 0.791. The molecule has 0 spiro atoms. The minimum atomic E-state index is -4.45. The molecule has 0 aliphatic carbocycles. The molecule has 4 rings (SSSR count). The summed E-state index contributed by atoms with van der Waals surface area (Å²) in [6.45, 7) is 3.32. The third-order valence-electron chi connectivity index (χ3n) is 5.89. The van der Waals surface area contributed by atoms with E-state index in [0.29, 0.717) is 22.3 Å². The number of alkyl halides is 3. The van der Waals surface area contributed by atoms with Gasteiger partial charge in [0.15, 0.2) is 9.84 Å². The molecule has 0 fully saturated rings. The zero-order valence-corrected chi connectivity index (χ0v) is 19.0. The van der Waals surface area contributed by atoms with Crippen LogP contribution >= 0.6 is 0 Å². The van der Waals surface area contributed by atoms with E-state index in [4.69, 9.17) is 0 Å². The van der Waals surface area contributed by atoms with Crippen molar-refractivity contribution in [3.8, 4) is 22.4 Å². The number of halogens is 3. The first-order chi connectivity index (χ1) is 15.4. The molecule has 0 radical (unpaired) electrons. The number of rotatable bonds is 4. The molecule has 0 aliphatic rings. The maximum Gasteiger partial charge on any atom is 0.417 e. The van der Waals surface area contributed by atoms with Crippen LogP contribution in [0.2, 0.25) is 0 Å². The third-order valence-corrected chi connectivity index (χ3v) is 7.98. The Morgan fingerprint density at radius 3 is 2.18 bits per heavy atom. The predicted molar refractivity (Wildman–Crippen MR) is 123 cm³/mol. The van der Waals surface area contributed by atoms with Gasteiger partial charge in [0.2, 0.25) is 0 Å². The van der Waals surface area contributed by atoms with Crippen LogP contribution in [0.5, 0.6) is 0 Å². The van der Waals surface area contributed by atoms with Crippen molar-refractivity contribution in [1.29, 1.82) is 0 Å². The number of hydrogen-bond acceptors (Lipinski definition) is 4. The maximum absolute atomic E-state index is 12.9. The largest absolute Gasteiger partial charge is 0.417 e. The van der Waals surface area contributed by atoms with Crippen LogP contribution in [0.4, 0.5) is 13.2 Å². The van der Waals surface area contributed by atoms with Crippen molar-refractivity contribution in [2.24, 2.45) is 0 Å². The highest BCUT2D eigenvalue weighted by atomic mass is 32.2. The molecule has 4 nitrogen and oxygen atoms in total. The lowest BCUT2D eigenvalue weighted by Crippen LogP contribution is -2.28. The molecule has 2 aromatic heterocycles. The van der Waals surface area contributed by atoms with E-state index in [1.807, 2.05) is 30.3 Å². The maximum atomic E-state index is 12.9. The summed E-state index contributed by atoms with van der Waals surface area (Å²) < 4.78 is 62.5. The second-order valence-electron chi connectivity index (χ2n) is 8.39. The highest BCUT2D eigenvalue weighted by Crippen LogP contribution is 2.37. The number of nitrogens with zero attached hydrogens (tertiary/aromatic N) is 2. The number of fused-ring (bicyclic) bond motifs is 1. The van der Waals surface area contributed by atoms with Gasteiger partial charge >= 0.3 is 6.18 Å². The van der Waals surface area contributed by atoms with Gasteiger partial charge in [0.25, 0.3) is 0 Å². The summed E-state index contributed by atoms with van der Waals surface area (Å²) in [6, 6.07) is 16.9. The van der Waals surface area contributed by atoms with Crippen molar-refractivity contribution < 1.29 is 21.6 Å². The first kappa shape index (κ1) is 22.9. The van der Waals surface area contributed by atoms with Gasteiger partial charge in [-0.1, -0.05) is 24.3 Å². The second kappa shape index (κ2) is 7.95. The molecular weight excluding hydrogens is 449 g/mol. The lowest BCUT2D eigenvalue weighted by molar-refractivity contribution is -0.137. The molecular formula is C25H21F3N2O2S. The average Bonchev–Trinajstić information content (AvgIpc) is 2.77. The lowest BCUT2D eigenvalue weighted by Gasteiger charge is -2.24.